The van der Waals surface area contributed by atoms with Gasteiger partial charge in [-0.05, 0) is 29.3 Å². The summed E-state index contributed by atoms with van der Waals surface area (Å²) in [5.74, 6) is 0. The molecule has 34 heavy (non-hydrogen) atoms. The fourth-order valence-electron chi connectivity index (χ4n) is 3.66. The third kappa shape index (κ3) is 6.98. The van der Waals surface area contributed by atoms with E-state index in [0.717, 1.165) is 11.1 Å². The highest BCUT2D eigenvalue weighted by atomic mass is 28.4. The van der Waals surface area contributed by atoms with E-state index in [2.05, 4.69) is 33.9 Å². The molecule has 7 heteroatoms. The van der Waals surface area contributed by atoms with Crippen LogP contribution in [0.15, 0.2) is 60.7 Å². The lowest BCUT2D eigenvalue weighted by atomic mass is 9.98. The SMILES string of the molecule is CO[C@H]1O[C@H](CO[Si](C)(C)C(C)(C)C)[C@@H](OCc2ccccc2)[C@H](OCc2ccccc2)[C@H]1O. The van der Waals surface area contributed by atoms with Gasteiger partial charge >= 0.3 is 0 Å². The van der Waals surface area contributed by atoms with Crippen molar-refractivity contribution >= 4 is 8.32 Å². The van der Waals surface area contributed by atoms with Crippen LogP contribution in [0, 0.1) is 0 Å². The van der Waals surface area contributed by atoms with Gasteiger partial charge in [-0.15, -0.1) is 0 Å². The number of hydrogen-bond acceptors (Lipinski definition) is 6. The fourth-order valence-corrected chi connectivity index (χ4v) is 4.67. The number of rotatable bonds is 10. The molecule has 0 unspecified atom stereocenters. The predicted molar refractivity (Wildman–Crippen MR) is 135 cm³/mol. The molecule has 2 aromatic carbocycles. The van der Waals surface area contributed by atoms with Crippen LogP contribution in [0.25, 0.3) is 0 Å². The second-order valence-electron chi connectivity index (χ2n) is 10.4. The lowest BCUT2D eigenvalue weighted by Crippen LogP contribution is -2.61. The Labute approximate surface area is 205 Å². The molecule has 0 aliphatic carbocycles. The Bertz CT molecular complexity index is 854. The quantitative estimate of drug-likeness (QED) is 0.479. The topological polar surface area (TPSA) is 66.4 Å². The van der Waals surface area contributed by atoms with Crippen LogP contribution < -0.4 is 0 Å². The number of aliphatic hydroxyl groups excluding tert-OH is 1. The fraction of sp³-hybridized carbons (Fsp3) is 0.556. The van der Waals surface area contributed by atoms with E-state index >= 15 is 0 Å². The molecular formula is C27H40O6Si. The standard InChI is InChI=1S/C27H40O6Si/c1-27(2,3)34(5,6)32-19-22-24(30-17-20-13-9-7-10-14-20)25(23(28)26(29-4)33-22)31-18-21-15-11-8-12-16-21/h7-16,22-26,28H,17-19H2,1-6H3/t22-,23-,24-,25-,26+/m1/s1. The van der Waals surface area contributed by atoms with Crippen molar-refractivity contribution in [3.63, 3.8) is 0 Å². The Balaban J connectivity index is 1.81. The van der Waals surface area contributed by atoms with Crippen molar-refractivity contribution in [1.82, 2.24) is 0 Å². The molecule has 3 rings (SSSR count). The molecule has 0 saturated carbocycles. The highest BCUT2D eigenvalue weighted by Crippen LogP contribution is 2.37. The minimum Gasteiger partial charge on any atom is -0.414 e. The minimum atomic E-state index is -2.03. The van der Waals surface area contributed by atoms with Crippen molar-refractivity contribution in [2.24, 2.45) is 0 Å². The largest absolute Gasteiger partial charge is 0.414 e. The van der Waals surface area contributed by atoms with E-state index in [-0.39, 0.29) is 5.04 Å². The zero-order chi connectivity index (χ0) is 24.8. The Hall–Kier alpha value is -1.58. The van der Waals surface area contributed by atoms with Crippen LogP contribution in [0.1, 0.15) is 31.9 Å². The molecule has 6 nitrogen and oxygen atoms in total. The monoisotopic (exact) mass is 488 g/mol. The van der Waals surface area contributed by atoms with Gasteiger partial charge in [0, 0.05) is 7.11 Å². The van der Waals surface area contributed by atoms with Crippen molar-refractivity contribution in [1.29, 1.82) is 0 Å². The summed E-state index contributed by atoms with van der Waals surface area (Å²) in [4.78, 5) is 0. The molecule has 1 aliphatic heterocycles. The predicted octanol–water partition coefficient (Wildman–Crippen LogP) is 4.91. The normalized spacial score (nSPS) is 25.9. The maximum absolute atomic E-state index is 11.1. The molecule has 0 radical (unpaired) electrons. The molecule has 1 aliphatic rings. The molecule has 0 bridgehead atoms. The molecule has 0 aromatic heterocycles. The molecule has 0 amide bonds. The first-order valence-electron chi connectivity index (χ1n) is 11.9. The van der Waals surface area contributed by atoms with E-state index in [1.54, 1.807) is 0 Å². The number of ether oxygens (including phenoxy) is 4. The Morgan fingerprint density at radius 1 is 0.853 bits per heavy atom. The summed E-state index contributed by atoms with van der Waals surface area (Å²) in [6.07, 6.45) is -3.46. The van der Waals surface area contributed by atoms with E-state index < -0.39 is 39.0 Å². The Morgan fingerprint density at radius 2 is 1.35 bits per heavy atom. The van der Waals surface area contributed by atoms with E-state index in [1.165, 1.54) is 7.11 Å². The number of methoxy groups -OCH3 is 1. The molecule has 1 heterocycles. The molecule has 5 atom stereocenters. The van der Waals surface area contributed by atoms with E-state index in [9.17, 15) is 5.11 Å². The van der Waals surface area contributed by atoms with E-state index in [1.807, 2.05) is 60.7 Å². The van der Waals surface area contributed by atoms with Gasteiger partial charge in [0.15, 0.2) is 14.6 Å². The summed E-state index contributed by atoms with van der Waals surface area (Å²) in [6.45, 7) is 12.1. The van der Waals surface area contributed by atoms with Crippen LogP contribution in [-0.2, 0) is 36.6 Å². The zero-order valence-electron chi connectivity index (χ0n) is 21.3. The number of hydrogen-bond donors (Lipinski definition) is 1. The summed E-state index contributed by atoms with van der Waals surface area (Å²) in [5.41, 5.74) is 2.06. The molecule has 188 valence electrons. The van der Waals surface area contributed by atoms with Gasteiger partial charge in [0.05, 0.1) is 19.8 Å². The van der Waals surface area contributed by atoms with Crippen molar-refractivity contribution in [2.75, 3.05) is 13.7 Å². The summed E-state index contributed by atoms with van der Waals surface area (Å²) >= 11 is 0. The van der Waals surface area contributed by atoms with E-state index in [4.69, 9.17) is 23.4 Å². The second kappa shape index (κ2) is 11.9. The highest BCUT2D eigenvalue weighted by Gasteiger charge is 2.48. The van der Waals surface area contributed by atoms with Crippen molar-refractivity contribution < 1.29 is 28.5 Å². The summed E-state index contributed by atoms with van der Waals surface area (Å²) in [7, 11) is -0.501. The first-order chi connectivity index (χ1) is 16.1. The second-order valence-corrected chi connectivity index (χ2v) is 15.2. The average molecular weight is 489 g/mol. The zero-order valence-corrected chi connectivity index (χ0v) is 22.3. The third-order valence-electron chi connectivity index (χ3n) is 6.83. The smallest absolute Gasteiger partial charge is 0.192 e. The summed E-state index contributed by atoms with van der Waals surface area (Å²) in [6, 6.07) is 19.9. The Kier molecular flexibility index (Phi) is 9.46. The highest BCUT2D eigenvalue weighted by molar-refractivity contribution is 6.74. The van der Waals surface area contributed by atoms with Crippen LogP contribution >= 0.6 is 0 Å². The van der Waals surface area contributed by atoms with Crippen LogP contribution in [0.3, 0.4) is 0 Å². The lowest BCUT2D eigenvalue weighted by molar-refractivity contribution is -0.310. The van der Waals surface area contributed by atoms with E-state index in [0.29, 0.717) is 19.8 Å². The lowest BCUT2D eigenvalue weighted by Gasteiger charge is -2.45. The van der Waals surface area contributed by atoms with Crippen molar-refractivity contribution in [3.05, 3.63) is 71.8 Å². The molecular weight excluding hydrogens is 448 g/mol. The maximum atomic E-state index is 11.1. The van der Waals surface area contributed by atoms with Gasteiger partial charge in [-0.2, -0.15) is 0 Å². The molecule has 1 fully saturated rings. The molecule has 1 saturated heterocycles. The van der Waals surface area contributed by atoms with Gasteiger partial charge in [0.25, 0.3) is 0 Å². The van der Waals surface area contributed by atoms with Gasteiger partial charge in [-0.25, -0.2) is 0 Å². The van der Waals surface area contributed by atoms with Crippen molar-refractivity contribution in [3.8, 4) is 0 Å². The maximum Gasteiger partial charge on any atom is 0.192 e. The third-order valence-corrected chi connectivity index (χ3v) is 11.3. The van der Waals surface area contributed by atoms with Gasteiger partial charge in [-0.3, -0.25) is 0 Å². The molecule has 0 spiro atoms. The molecule has 2 aromatic rings. The van der Waals surface area contributed by atoms with Crippen molar-refractivity contribution in [2.45, 2.75) is 82.8 Å². The summed E-state index contributed by atoms with van der Waals surface area (Å²) < 4.78 is 30.8. The van der Waals surface area contributed by atoms with Gasteiger partial charge < -0.3 is 28.5 Å². The van der Waals surface area contributed by atoms with Crippen LogP contribution in [0.4, 0.5) is 0 Å². The number of aliphatic hydroxyl groups is 1. The van der Waals surface area contributed by atoms with Crippen LogP contribution in [-0.4, -0.2) is 57.8 Å². The first kappa shape index (κ1) is 27.0. The first-order valence-corrected chi connectivity index (χ1v) is 14.8. The number of benzene rings is 2. The average Bonchev–Trinajstić information content (AvgIpc) is 2.82. The molecule has 1 N–H and O–H groups in total. The van der Waals surface area contributed by atoms with Gasteiger partial charge in [-0.1, -0.05) is 81.4 Å². The van der Waals surface area contributed by atoms with Crippen LogP contribution in [0.5, 0.6) is 0 Å². The van der Waals surface area contributed by atoms with Crippen LogP contribution in [0.2, 0.25) is 18.1 Å². The summed E-state index contributed by atoms with van der Waals surface area (Å²) in [5, 5.41) is 11.1. The Morgan fingerprint density at radius 3 is 1.82 bits per heavy atom. The van der Waals surface area contributed by atoms with Gasteiger partial charge in [0.2, 0.25) is 0 Å². The van der Waals surface area contributed by atoms with Gasteiger partial charge in [0.1, 0.15) is 24.4 Å². The minimum absolute atomic E-state index is 0.0610.